The molecule has 2 aliphatic heterocycles. The lowest BCUT2D eigenvalue weighted by molar-refractivity contribution is -0.142. The largest absolute Gasteiger partial charge is 0.480 e. The summed E-state index contributed by atoms with van der Waals surface area (Å²) in [6.45, 7) is 0.525. The monoisotopic (exact) mass is 404 g/mol. The molecule has 1 unspecified atom stereocenters. The number of amides is 1. The van der Waals surface area contributed by atoms with Crippen molar-refractivity contribution in [1.29, 1.82) is 0 Å². The van der Waals surface area contributed by atoms with E-state index in [0.717, 1.165) is 29.4 Å². The summed E-state index contributed by atoms with van der Waals surface area (Å²) in [5.74, 6) is 2.35. The lowest BCUT2D eigenvalue weighted by Gasteiger charge is -2.24. The van der Waals surface area contributed by atoms with Gasteiger partial charge in [-0.25, -0.2) is 14.8 Å². The van der Waals surface area contributed by atoms with Gasteiger partial charge in [-0.05, 0) is 18.6 Å². The first kappa shape index (κ1) is 19.0. The fraction of sp³-hybridized carbons (Fsp3) is 0.556. The summed E-state index contributed by atoms with van der Waals surface area (Å²) in [7, 11) is 0. The summed E-state index contributed by atoms with van der Waals surface area (Å²) in [6, 6.07) is -1.52. The van der Waals surface area contributed by atoms with Crippen molar-refractivity contribution in [1.82, 2.24) is 30.6 Å². The summed E-state index contributed by atoms with van der Waals surface area (Å²) >= 11 is 1.96. The molecule has 2 aliphatic rings. The number of carbonyl (C=O) groups is 2. The molecule has 4 rings (SSSR count). The second-order valence-corrected chi connectivity index (χ2v) is 8.41. The van der Waals surface area contributed by atoms with Gasteiger partial charge in [0.05, 0.1) is 29.5 Å². The van der Waals surface area contributed by atoms with Crippen LogP contribution in [0, 0.1) is 0 Å². The van der Waals surface area contributed by atoms with Crippen LogP contribution in [0.15, 0.2) is 12.5 Å². The number of nitrogens with one attached hydrogen (secondary N) is 4. The van der Waals surface area contributed by atoms with E-state index in [9.17, 15) is 14.7 Å². The Hall–Kier alpha value is -2.33. The number of aromatic amines is 2. The molecule has 28 heavy (non-hydrogen) atoms. The number of nitrogens with zero attached hydrogens (tertiary/aromatic N) is 2. The summed E-state index contributed by atoms with van der Waals surface area (Å²) < 4.78 is 0. The Morgan fingerprint density at radius 2 is 2.32 bits per heavy atom. The van der Waals surface area contributed by atoms with Gasteiger partial charge in [0.25, 0.3) is 0 Å². The zero-order valence-corrected chi connectivity index (χ0v) is 16.2. The highest BCUT2D eigenvalue weighted by molar-refractivity contribution is 7.99. The van der Waals surface area contributed by atoms with E-state index >= 15 is 0 Å². The zero-order chi connectivity index (χ0) is 19.5. The number of aromatic nitrogens is 4. The van der Waals surface area contributed by atoms with Gasteiger partial charge in [-0.2, -0.15) is 11.8 Å². The lowest BCUT2D eigenvalue weighted by Crippen LogP contribution is -2.52. The van der Waals surface area contributed by atoms with Crippen LogP contribution >= 0.6 is 11.8 Å². The summed E-state index contributed by atoms with van der Waals surface area (Å²) in [5.41, 5.74) is 2.53. The maximum atomic E-state index is 12.7. The van der Waals surface area contributed by atoms with Gasteiger partial charge in [0.1, 0.15) is 11.9 Å². The Morgan fingerprint density at radius 1 is 1.43 bits per heavy atom. The number of carbonyl (C=O) groups excluding carboxylic acids is 1. The van der Waals surface area contributed by atoms with Crippen molar-refractivity contribution < 1.29 is 14.7 Å². The summed E-state index contributed by atoms with van der Waals surface area (Å²) in [4.78, 5) is 39.2. The quantitative estimate of drug-likeness (QED) is 0.475. The number of hydrogen-bond donors (Lipinski definition) is 5. The minimum atomic E-state index is -1.08. The Kier molecular flexibility index (Phi) is 5.67. The molecule has 9 nitrogen and oxygen atoms in total. The van der Waals surface area contributed by atoms with E-state index in [1.807, 2.05) is 11.8 Å². The van der Waals surface area contributed by atoms with Gasteiger partial charge in [-0.15, -0.1) is 0 Å². The molecule has 0 spiro atoms. The second kappa shape index (κ2) is 8.36. The van der Waals surface area contributed by atoms with Crippen molar-refractivity contribution in [2.24, 2.45) is 0 Å². The predicted molar refractivity (Wildman–Crippen MR) is 104 cm³/mol. The highest BCUT2D eigenvalue weighted by Gasteiger charge is 2.31. The fourth-order valence-electron chi connectivity index (χ4n) is 3.69. The Morgan fingerprint density at radius 3 is 3.04 bits per heavy atom. The van der Waals surface area contributed by atoms with Crippen LogP contribution in [0.25, 0.3) is 0 Å². The molecule has 0 bridgehead atoms. The minimum absolute atomic E-state index is 0.133. The third-order valence-electron chi connectivity index (χ3n) is 5.25. The number of H-pyrrole nitrogens is 2. The van der Waals surface area contributed by atoms with Crippen LogP contribution in [-0.4, -0.2) is 60.5 Å². The molecule has 150 valence electrons. The Balaban J connectivity index is 1.39. The van der Waals surface area contributed by atoms with Crippen LogP contribution in [0.1, 0.15) is 41.7 Å². The highest BCUT2D eigenvalue weighted by atomic mass is 32.2. The molecule has 1 saturated heterocycles. The molecule has 5 N–H and O–H groups in total. The van der Waals surface area contributed by atoms with Crippen molar-refractivity contribution >= 4 is 23.6 Å². The number of carboxylic acids is 1. The molecule has 0 saturated carbocycles. The molecule has 10 heteroatoms. The molecule has 0 aliphatic carbocycles. The SMILES string of the molecule is O=C(O)[C@H](Cc1c[nH]cn1)NC(=O)[C@@H]1Cc2nc(C3CCCSC3)[nH]c2CN1. The molecule has 2 aromatic rings. The topological polar surface area (TPSA) is 136 Å². The predicted octanol–water partition coefficient (Wildman–Crippen LogP) is 0.570. The van der Waals surface area contributed by atoms with Crippen LogP contribution in [0.3, 0.4) is 0 Å². The van der Waals surface area contributed by atoms with Gasteiger partial charge < -0.3 is 20.4 Å². The molecular formula is C18H24N6O3S. The molecule has 1 fully saturated rings. The standard InChI is InChI=1S/C18H24N6O3S/c25-17(24-14(18(26)27)4-11-6-19-9-21-11)13-5-12-15(7-20-13)23-16(22-12)10-2-1-3-28-8-10/h6,9-10,13-14,20H,1-5,7-8H2,(H,19,21)(H,22,23)(H,24,25)(H,26,27)/t10?,13-,14-/m0/s1. The number of thioether (sulfide) groups is 1. The van der Waals surface area contributed by atoms with E-state index in [1.165, 1.54) is 18.5 Å². The maximum absolute atomic E-state index is 12.7. The second-order valence-electron chi connectivity index (χ2n) is 7.26. The van der Waals surface area contributed by atoms with Crippen molar-refractivity contribution in [3.63, 3.8) is 0 Å². The number of carboxylic acid groups (broad SMARTS) is 1. The normalized spacial score (nSPS) is 23.0. The Bertz CT molecular complexity index is 830. The average Bonchev–Trinajstić information content (AvgIpc) is 3.37. The minimum Gasteiger partial charge on any atom is -0.480 e. The van der Waals surface area contributed by atoms with Gasteiger partial charge in [-0.3, -0.25) is 10.1 Å². The first-order valence-electron chi connectivity index (χ1n) is 9.49. The van der Waals surface area contributed by atoms with E-state index in [0.29, 0.717) is 24.6 Å². The molecule has 0 radical (unpaired) electrons. The molecular weight excluding hydrogens is 380 g/mol. The summed E-state index contributed by atoms with van der Waals surface area (Å²) in [6.07, 6.45) is 6.05. The third kappa shape index (κ3) is 4.22. The van der Waals surface area contributed by atoms with Crippen molar-refractivity contribution in [3.8, 4) is 0 Å². The number of hydrogen-bond acceptors (Lipinski definition) is 6. The molecule has 4 heterocycles. The van der Waals surface area contributed by atoms with Crippen LogP contribution in [0.5, 0.6) is 0 Å². The third-order valence-corrected chi connectivity index (χ3v) is 6.47. The number of fused-ring (bicyclic) bond motifs is 1. The van der Waals surface area contributed by atoms with Crippen molar-refractivity contribution in [3.05, 3.63) is 35.4 Å². The highest BCUT2D eigenvalue weighted by Crippen LogP contribution is 2.30. The molecule has 0 aromatic carbocycles. The molecule has 3 atom stereocenters. The fourth-order valence-corrected chi connectivity index (χ4v) is 4.84. The van der Waals surface area contributed by atoms with E-state index in [1.54, 1.807) is 6.20 Å². The van der Waals surface area contributed by atoms with Crippen molar-refractivity contribution in [2.75, 3.05) is 11.5 Å². The number of imidazole rings is 2. The maximum Gasteiger partial charge on any atom is 0.326 e. The van der Waals surface area contributed by atoms with Gasteiger partial charge >= 0.3 is 5.97 Å². The average molecular weight is 404 g/mol. The van der Waals surface area contributed by atoms with Crippen LogP contribution < -0.4 is 10.6 Å². The first-order chi connectivity index (χ1) is 13.6. The zero-order valence-electron chi connectivity index (χ0n) is 15.4. The van der Waals surface area contributed by atoms with Crippen LogP contribution in [0.2, 0.25) is 0 Å². The molecule has 1 amide bonds. The van der Waals surface area contributed by atoms with E-state index in [2.05, 4.69) is 25.6 Å². The van der Waals surface area contributed by atoms with E-state index in [-0.39, 0.29) is 12.3 Å². The van der Waals surface area contributed by atoms with E-state index < -0.39 is 18.1 Å². The first-order valence-corrected chi connectivity index (χ1v) is 10.6. The van der Waals surface area contributed by atoms with Crippen LogP contribution in [0.4, 0.5) is 0 Å². The summed E-state index contributed by atoms with van der Waals surface area (Å²) in [5, 5.41) is 15.3. The van der Waals surface area contributed by atoms with Gasteiger partial charge in [0, 0.05) is 37.3 Å². The smallest absolute Gasteiger partial charge is 0.326 e. The van der Waals surface area contributed by atoms with Gasteiger partial charge in [-0.1, -0.05) is 0 Å². The van der Waals surface area contributed by atoms with Gasteiger partial charge in [0.15, 0.2) is 0 Å². The van der Waals surface area contributed by atoms with Crippen LogP contribution in [-0.2, 0) is 29.0 Å². The van der Waals surface area contributed by atoms with Gasteiger partial charge in [0.2, 0.25) is 5.91 Å². The molecule has 2 aromatic heterocycles. The number of aliphatic carboxylic acids is 1. The van der Waals surface area contributed by atoms with Crippen molar-refractivity contribution in [2.45, 2.75) is 50.2 Å². The van der Waals surface area contributed by atoms with E-state index in [4.69, 9.17) is 4.98 Å². The Labute approximate surface area is 166 Å². The lowest BCUT2D eigenvalue weighted by atomic mass is 10.0. The number of rotatable bonds is 6.